The van der Waals surface area contributed by atoms with Gasteiger partial charge in [-0.2, -0.15) is 5.10 Å². The van der Waals surface area contributed by atoms with Crippen LogP contribution in [0, 0.1) is 6.92 Å². The second-order valence-electron chi connectivity index (χ2n) is 6.55. The minimum absolute atomic E-state index is 0.0506. The maximum absolute atomic E-state index is 12.3. The third-order valence-corrected chi connectivity index (χ3v) is 4.45. The molecule has 0 fully saturated rings. The van der Waals surface area contributed by atoms with Crippen molar-refractivity contribution in [3.63, 3.8) is 0 Å². The molecule has 1 aromatic carbocycles. The number of carbonyl (C=O) groups excluding carboxylic acids is 1. The molecule has 0 aliphatic carbocycles. The van der Waals surface area contributed by atoms with Gasteiger partial charge in [0.05, 0.1) is 5.69 Å². The summed E-state index contributed by atoms with van der Waals surface area (Å²) in [4.78, 5) is 16.7. The van der Waals surface area contributed by atoms with Gasteiger partial charge in [0, 0.05) is 48.6 Å². The van der Waals surface area contributed by atoms with Crippen LogP contribution in [0.1, 0.15) is 28.0 Å². The molecule has 6 nitrogen and oxygen atoms in total. The Hall–Kier alpha value is -3.41. The second-order valence-corrected chi connectivity index (χ2v) is 6.55. The van der Waals surface area contributed by atoms with E-state index in [-0.39, 0.29) is 5.91 Å². The van der Waals surface area contributed by atoms with Gasteiger partial charge in [-0.3, -0.25) is 4.79 Å². The van der Waals surface area contributed by atoms with Gasteiger partial charge in [-0.1, -0.05) is 0 Å². The van der Waals surface area contributed by atoms with Crippen molar-refractivity contribution in [1.29, 1.82) is 0 Å². The highest BCUT2D eigenvalue weighted by molar-refractivity contribution is 5.94. The lowest BCUT2D eigenvalue weighted by molar-refractivity contribution is 0.0953. The van der Waals surface area contributed by atoms with E-state index in [4.69, 9.17) is 0 Å². The van der Waals surface area contributed by atoms with Crippen LogP contribution >= 0.6 is 0 Å². The molecule has 0 bridgehead atoms. The Morgan fingerprint density at radius 1 is 1.15 bits per heavy atom. The summed E-state index contributed by atoms with van der Waals surface area (Å²) < 4.78 is 3.81. The van der Waals surface area contributed by atoms with Crippen LogP contribution in [0.4, 0.5) is 0 Å². The number of aryl methyl sites for hydroxylation is 2. The van der Waals surface area contributed by atoms with E-state index in [1.165, 1.54) is 0 Å². The maximum Gasteiger partial charge on any atom is 0.251 e. The van der Waals surface area contributed by atoms with E-state index >= 15 is 0 Å². The highest BCUT2D eigenvalue weighted by Gasteiger charge is 2.06. The van der Waals surface area contributed by atoms with Crippen LogP contribution in [0.15, 0.2) is 67.3 Å². The number of hydrogen-bond acceptors (Lipinski definition) is 3. The summed E-state index contributed by atoms with van der Waals surface area (Å²) >= 11 is 0. The highest BCUT2D eigenvalue weighted by Crippen LogP contribution is 2.10. The Morgan fingerprint density at radius 2 is 1.93 bits per heavy atom. The Bertz CT molecular complexity index is 1050. The normalized spacial score (nSPS) is 11.0. The van der Waals surface area contributed by atoms with E-state index in [0.717, 1.165) is 35.4 Å². The monoisotopic (exact) mass is 359 g/mol. The van der Waals surface area contributed by atoms with Gasteiger partial charge in [-0.05, 0) is 61.7 Å². The Morgan fingerprint density at radius 3 is 2.70 bits per heavy atom. The van der Waals surface area contributed by atoms with Gasteiger partial charge in [-0.25, -0.2) is 9.50 Å². The van der Waals surface area contributed by atoms with Crippen molar-refractivity contribution >= 4 is 11.6 Å². The molecule has 1 N–H and O–H groups in total. The molecule has 3 aromatic heterocycles. The van der Waals surface area contributed by atoms with Crippen LogP contribution in [0.25, 0.3) is 11.3 Å². The van der Waals surface area contributed by atoms with Gasteiger partial charge in [0.1, 0.15) is 0 Å². The summed E-state index contributed by atoms with van der Waals surface area (Å²) in [6, 6.07) is 13.5. The zero-order chi connectivity index (χ0) is 18.6. The minimum Gasteiger partial charge on any atom is -0.352 e. The van der Waals surface area contributed by atoms with E-state index in [1.807, 2.05) is 78.7 Å². The maximum atomic E-state index is 12.3. The van der Waals surface area contributed by atoms with E-state index in [0.29, 0.717) is 12.1 Å². The number of nitrogens with one attached hydrogen (secondary N) is 1. The average molecular weight is 359 g/mol. The lowest BCUT2D eigenvalue weighted by Crippen LogP contribution is -2.24. The van der Waals surface area contributed by atoms with Gasteiger partial charge >= 0.3 is 0 Å². The predicted molar refractivity (Wildman–Crippen MR) is 104 cm³/mol. The minimum atomic E-state index is -0.0506. The van der Waals surface area contributed by atoms with Crippen LogP contribution in [-0.2, 0) is 6.42 Å². The van der Waals surface area contributed by atoms with E-state index < -0.39 is 0 Å². The molecular formula is C21H21N5O. The van der Waals surface area contributed by atoms with Crippen molar-refractivity contribution in [2.24, 2.45) is 0 Å². The van der Waals surface area contributed by atoms with Gasteiger partial charge in [0.15, 0.2) is 5.65 Å². The smallest absolute Gasteiger partial charge is 0.251 e. The molecule has 4 rings (SSSR count). The van der Waals surface area contributed by atoms with E-state index in [9.17, 15) is 4.79 Å². The van der Waals surface area contributed by atoms with Crippen molar-refractivity contribution in [3.05, 3.63) is 84.1 Å². The molecule has 0 saturated heterocycles. The molecule has 0 aliphatic rings. The fourth-order valence-electron chi connectivity index (χ4n) is 3.05. The lowest BCUT2D eigenvalue weighted by atomic mass is 10.1. The molecule has 0 spiro atoms. The molecule has 0 radical (unpaired) electrons. The molecule has 3 heterocycles. The SMILES string of the molecule is Cc1cc2ncc(CCCNC(=O)c3ccc(-n4cccc4)cc3)cn2n1. The molecule has 136 valence electrons. The Balaban J connectivity index is 1.28. The molecule has 0 unspecified atom stereocenters. The average Bonchev–Trinajstić information content (AvgIpc) is 3.33. The first-order chi connectivity index (χ1) is 13.2. The Kier molecular flexibility index (Phi) is 4.70. The standard InChI is InChI=1S/C21H21N5O/c1-16-13-20-23-14-17(15-26(20)24-16)5-4-10-22-21(27)18-6-8-19(9-7-18)25-11-2-3-12-25/h2-3,6-9,11-15H,4-5,10H2,1H3,(H,22,27). The summed E-state index contributed by atoms with van der Waals surface area (Å²) in [6.45, 7) is 2.57. The molecule has 6 heteroatoms. The molecule has 0 aliphatic heterocycles. The lowest BCUT2D eigenvalue weighted by Gasteiger charge is -2.07. The van der Waals surface area contributed by atoms with Gasteiger partial charge in [0.25, 0.3) is 5.91 Å². The third-order valence-electron chi connectivity index (χ3n) is 4.45. The van der Waals surface area contributed by atoms with Gasteiger partial charge in [0.2, 0.25) is 0 Å². The number of carbonyl (C=O) groups is 1. The summed E-state index contributed by atoms with van der Waals surface area (Å²) in [6.07, 6.45) is 9.52. The topological polar surface area (TPSA) is 64.2 Å². The van der Waals surface area contributed by atoms with E-state index in [1.54, 1.807) is 4.52 Å². The van der Waals surface area contributed by atoms with Crippen molar-refractivity contribution < 1.29 is 4.79 Å². The molecule has 0 saturated carbocycles. The molecule has 1 amide bonds. The van der Waals surface area contributed by atoms with Crippen molar-refractivity contribution in [3.8, 4) is 5.69 Å². The second kappa shape index (κ2) is 7.45. The first-order valence-electron chi connectivity index (χ1n) is 9.01. The largest absolute Gasteiger partial charge is 0.352 e. The Labute approximate surface area is 157 Å². The first-order valence-corrected chi connectivity index (χ1v) is 9.01. The van der Waals surface area contributed by atoms with Crippen molar-refractivity contribution in [2.45, 2.75) is 19.8 Å². The fraction of sp³-hybridized carbons (Fsp3) is 0.190. The van der Waals surface area contributed by atoms with Gasteiger partial charge < -0.3 is 9.88 Å². The van der Waals surface area contributed by atoms with Crippen LogP contribution in [0.3, 0.4) is 0 Å². The van der Waals surface area contributed by atoms with Crippen molar-refractivity contribution in [2.75, 3.05) is 6.54 Å². The number of amides is 1. The summed E-state index contributed by atoms with van der Waals surface area (Å²) in [5.41, 5.74) is 4.62. The van der Waals surface area contributed by atoms with Crippen LogP contribution in [0.2, 0.25) is 0 Å². The number of nitrogens with zero attached hydrogens (tertiary/aromatic N) is 4. The number of benzene rings is 1. The first kappa shape index (κ1) is 17.0. The van der Waals surface area contributed by atoms with Crippen molar-refractivity contribution in [1.82, 2.24) is 24.5 Å². The van der Waals surface area contributed by atoms with Crippen LogP contribution < -0.4 is 5.32 Å². The fourth-order valence-corrected chi connectivity index (χ4v) is 3.05. The zero-order valence-electron chi connectivity index (χ0n) is 15.2. The molecular weight excluding hydrogens is 338 g/mol. The van der Waals surface area contributed by atoms with E-state index in [2.05, 4.69) is 15.4 Å². The predicted octanol–water partition coefficient (Wildman–Crippen LogP) is 3.19. The molecule has 27 heavy (non-hydrogen) atoms. The quantitative estimate of drug-likeness (QED) is 0.538. The third kappa shape index (κ3) is 3.89. The van der Waals surface area contributed by atoms with Gasteiger partial charge in [-0.15, -0.1) is 0 Å². The summed E-state index contributed by atoms with van der Waals surface area (Å²) in [7, 11) is 0. The number of fused-ring (bicyclic) bond motifs is 1. The number of aromatic nitrogens is 4. The van der Waals surface area contributed by atoms with Crippen LogP contribution in [-0.4, -0.2) is 31.6 Å². The number of rotatable bonds is 6. The van der Waals surface area contributed by atoms with Crippen LogP contribution in [0.5, 0.6) is 0 Å². The molecule has 4 aromatic rings. The summed E-state index contributed by atoms with van der Waals surface area (Å²) in [5, 5.41) is 7.35. The zero-order valence-corrected chi connectivity index (χ0v) is 15.2. The highest BCUT2D eigenvalue weighted by atomic mass is 16.1. The molecule has 0 atom stereocenters. The summed E-state index contributed by atoms with van der Waals surface area (Å²) in [5.74, 6) is -0.0506. The number of hydrogen-bond donors (Lipinski definition) is 1.